The van der Waals surface area contributed by atoms with Crippen molar-refractivity contribution >= 4 is 17.3 Å². The highest BCUT2D eigenvalue weighted by molar-refractivity contribution is 7.80. The van der Waals surface area contributed by atoms with Gasteiger partial charge in [0, 0.05) is 13.1 Å². The standard InChI is InChI=1S/C7H14N2S/c1-9(7(8)10)6-4-2-3-5-6/h6H,2-5H2,1H3,(H2,8,10). The average Bonchev–Trinajstić information content (AvgIpc) is 2.36. The van der Waals surface area contributed by atoms with Crippen LogP contribution in [0.1, 0.15) is 25.7 Å². The summed E-state index contributed by atoms with van der Waals surface area (Å²) in [5.74, 6) is 0. The van der Waals surface area contributed by atoms with Crippen LogP contribution in [0.5, 0.6) is 0 Å². The Balaban J connectivity index is 2.39. The molecule has 10 heavy (non-hydrogen) atoms. The highest BCUT2D eigenvalue weighted by Gasteiger charge is 2.19. The largest absolute Gasteiger partial charge is 0.376 e. The normalized spacial score (nSPS) is 19.3. The maximum absolute atomic E-state index is 5.47. The zero-order valence-electron chi connectivity index (χ0n) is 6.34. The second-order valence-corrected chi connectivity index (χ2v) is 3.31. The molecule has 0 aromatic heterocycles. The topological polar surface area (TPSA) is 29.3 Å². The lowest BCUT2D eigenvalue weighted by Gasteiger charge is -2.23. The van der Waals surface area contributed by atoms with Gasteiger partial charge in [0.25, 0.3) is 0 Å². The summed E-state index contributed by atoms with van der Waals surface area (Å²) in [5.41, 5.74) is 5.47. The van der Waals surface area contributed by atoms with Gasteiger partial charge < -0.3 is 10.6 Å². The van der Waals surface area contributed by atoms with Crippen LogP contribution in [-0.4, -0.2) is 23.1 Å². The minimum atomic E-state index is 0.534. The number of nitrogens with zero attached hydrogens (tertiary/aromatic N) is 1. The summed E-state index contributed by atoms with van der Waals surface area (Å²) >= 11 is 4.86. The van der Waals surface area contributed by atoms with E-state index in [4.69, 9.17) is 18.0 Å². The molecule has 0 saturated heterocycles. The van der Waals surface area contributed by atoms with E-state index in [1.54, 1.807) is 0 Å². The van der Waals surface area contributed by atoms with Crippen LogP contribution in [-0.2, 0) is 0 Å². The molecule has 2 N–H and O–H groups in total. The van der Waals surface area contributed by atoms with Gasteiger partial charge in [0.05, 0.1) is 0 Å². The van der Waals surface area contributed by atoms with Gasteiger partial charge in [0.1, 0.15) is 0 Å². The van der Waals surface area contributed by atoms with Crippen LogP contribution < -0.4 is 5.73 Å². The molecule has 0 heterocycles. The monoisotopic (exact) mass is 158 g/mol. The predicted octanol–water partition coefficient (Wildman–Crippen LogP) is 1.10. The third kappa shape index (κ3) is 1.59. The Morgan fingerprint density at radius 3 is 2.40 bits per heavy atom. The minimum Gasteiger partial charge on any atom is -0.376 e. The van der Waals surface area contributed by atoms with E-state index >= 15 is 0 Å². The third-order valence-electron chi connectivity index (χ3n) is 2.22. The molecule has 0 atom stereocenters. The molecular formula is C7H14N2S. The molecule has 0 spiro atoms. The second-order valence-electron chi connectivity index (χ2n) is 2.89. The number of thiocarbonyl (C=S) groups is 1. The van der Waals surface area contributed by atoms with E-state index in [-0.39, 0.29) is 0 Å². The number of hydrogen-bond acceptors (Lipinski definition) is 1. The van der Waals surface area contributed by atoms with Gasteiger partial charge in [-0.2, -0.15) is 0 Å². The van der Waals surface area contributed by atoms with Crippen LogP contribution in [0.2, 0.25) is 0 Å². The maximum Gasteiger partial charge on any atom is 0.166 e. The SMILES string of the molecule is CN(C(N)=S)C1CCCC1. The van der Waals surface area contributed by atoms with Gasteiger partial charge in [-0.25, -0.2) is 0 Å². The smallest absolute Gasteiger partial charge is 0.166 e. The number of hydrogen-bond donors (Lipinski definition) is 1. The molecule has 0 aliphatic heterocycles. The summed E-state index contributed by atoms with van der Waals surface area (Å²) in [7, 11) is 1.98. The zero-order chi connectivity index (χ0) is 7.56. The third-order valence-corrected chi connectivity index (χ3v) is 2.51. The molecule has 0 aromatic rings. The van der Waals surface area contributed by atoms with Gasteiger partial charge in [-0.05, 0) is 25.1 Å². The molecule has 0 radical (unpaired) electrons. The van der Waals surface area contributed by atoms with E-state index < -0.39 is 0 Å². The quantitative estimate of drug-likeness (QED) is 0.580. The first-order valence-corrected chi connectivity index (χ1v) is 4.15. The van der Waals surface area contributed by atoms with Gasteiger partial charge in [-0.3, -0.25) is 0 Å². The van der Waals surface area contributed by atoms with E-state index in [2.05, 4.69) is 0 Å². The molecule has 1 aliphatic carbocycles. The maximum atomic E-state index is 5.47. The molecule has 1 rings (SSSR count). The van der Waals surface area contributed by atoms with E-state index in [9.17, 15) is 0 Å². The predicted molar refractivity (Wildman–Crippen MR) is 46.8 cm³/mol. The number of rotatable bonds is 1. The fourth-order valence-corrected chi connectivity index (χ4v) is 1.62. The molecule has 1 aliphatic rings. The van der Waals surface area contributed by atoms with Crippen molar-refractivity contribution in [3.05, 3.63) is 0 Å². The Morgan fingerprint density at radius 2 is 2.00 bits per heavy atom. The van der Waals surface area contributed by atoms with Gasteiger partial charge in [0.2, 0.25) is 0 Å². The zero-order valence-corrected chi connectivity index (χ0v) is 7.16. The molecule has 0 bridgehead atoms. The van der Waals surface area contributed by atoms with E-state index in [0.29, 0.717) is 11.2 Å². The molecule has 2 nitrogen and oxygen atoms in total. The van der Waals surface area contributed by atoms with Crippen LogP contribution in [0.15, 0.2) is 0 Å². The molecule has 1 fully saturated rings. The summed E-state index contributed by atoms with van der Waals surface area (Å²) in [5, 5.41) is 0.534. The summed E-state index contributed by atoms with van der Waals surface area (Å²) in [6.07, 6.45) is 5.18. The lowest BCUT2D eigenvalue weighted by molar-refractivity contribution is 0.374. The van der Waals surface area contributed by atoms with E-state index in [1.165, 1.54) is 25.7 Å². The Kier molecular flexibility index (Phi) is 2.49. The molecule has 58 valence electrons. The van der Waals surface area contributed by atoms with Crippen molar-refractivity contribution < 1.29 is 0 Å². The van der Waals surface area contributed by atoms with Crippen molar-refractivity contribution in [3.63, 3.8) is 0 Å². The van der Waals surface area contributed by atoms with E-state index in [1.807, 2.05) is 11.9 Å². The fraction of sp³-hybridized carbons (Fsp3) is 0.857. The molecule has 0 amide bonds. The first-order chi connectivity index (χ1) is 4.72. The van der Waals surface area contributed by atoms with Crippen LogP contribution >= 0.6 is 12.2 Å². The van der Waals surface area contributed by atoms with Crippen molar-refractivity contribution in [2.45, 2.75) is 31.7 Å². The van der Waals surface area contributed by atoms with Gasteiger partial charge in [-0.1, -0.05) is 12.8 Å². The molecule has 0 unspecified atom stereocenters. The highest BCUT2D eigenvalue weighted by atomic mass is 32.1. The Labute approximate surface area is 67.4 Å². The van der Waals surface area contributed by atoms with Crippen LogP contribution in [0, 0.1) is 0 Å². The molecule has 0 aromatic carbocycles. The van der Waals surface area contributed by atoms with Crippen LogP contribution in [0.25, 0.3) is 0 Å². The van der Waals surface area contributed by atoms with Crippen LogP contribution in [0.4, 0.5) is 0 Å². The van der Waals surface area contributed by atoms with Crippen molar-refractivity contribution in [3.8, 4) is 0 Å². The molecular weight excluding hydrogens is 144 g/mol. The first kappa shape index (κ1) is 7.79. The fourth-order valence-electron chi connectivity index (χ4n) is 1.47. The summed E-state index contributed by atoms with van der Waals surface area (Å²) < 4.78 is 0. The summed E-state index contributed by atoms with van der Waals surface area (Å²) in [4.78, 5) is 2.02. The molecule has 3 heteroatoms. The van der Waals surface area contributed by atoms with Gasteiger partial charge >= 0.3 is 0 Å². The minimum absolute atomic E-state index is 0.534. The van der Waals surface area contributed by atoms with Crippen molar-refractivity contribution in [1.82, 2.24) is 4.90 Å². The summed E-state index contributed by atoms with van der Waals surface area (Å²) in [6, 6.07) is 0.623. The number of nitrogens with two attached hydrogens (primary N) is 1. The molecule has 1 saturated carbocycles. The second kappa shape index (κ2) is 3.19. The van der Waals surface area contributed by atoms with Crippen molar-refractivity contribution in [2.75, 3.05) is 7.05 Å². The Morgan fingerprint density at radius 1 is 1.50 bits per heavy atom. The van der Waals surface area contributed by atoms with Crippen LogP contribution in [0.3, 0.4) is 0 Å². The lowest BCUT2D eigenvalue weighted by Crippen LogP contribution is -2.38. The van der Waals surface area contributed by atoms with Gasteiger partial charge in [-0.15, -0.1) is 0 Å². The first-order valence-electron chi connectivity index (χ1n) is 3.74. The summed E-state index contributed by atoms with van der Waals surface area (Å²) in [6.45, 7) is 0. The lowest BCUT2D eigenvalue weighted by atomic mass is 10.2. The van der Waals surface area contributed by atoms with Crippen molar-refractivity contribution in [2.24, 2.45) is 5.73 Å². The van der Waals surface area contributed by atoms with Gasteiger partial charge in [0.15, 0.2) is 5.11 Å². The highest BCUT2D eigenvalue weighted by Crippen LogP contribution is 2.21. The van der Waals surface area contributed by atoms with Crippen molar-refractivity contribution in [1.29, 1.82) is 0 Å². The Hall–Kier alpha value is -0.310. The van der Waals surface area contributed by atoms with E-state index in [0.717, 1.165) is 0 Å². The average molecular weight is 158 g/mol. The Bertz CT molecular complexity index is 130.